The second kappa shape index (κ2) is 4.08. The standard InChI is InChI=1S/C11H19N3S/c1-3-9-12-13-10(15)14(9)11(2)7-5-4-6-8-11/h3-8H2,1-2H3,(H,13,15). The first-order valence-electron chi connectivity index (χ1n) is 5.84. The van der Waals surface area contributed by atoms with Gasteiger partial charge in [-0.15, -0.1) is 0 Å². The van der Waals surface area contributed by atoms with Crippen molar-refractivity contribution in [3.63, 3.8) is 0 Å². The summed E-state index contributed by atoms with van der Waals surface area (Å²) in [5.74, 6) is 1.10. The third kappa shape index (κ3) is 1.87. The zero-order valence-corrected chi connectivity index (χ0v) is 10.4. The topological polar surface area (TPSA) is 33.6 Å². The maximum absolute atomic E-state index is 5.34. The van der Waals surface area contributed by atoms with Crippen LogP contribution in [0.15, 0.2) is 0 Å². The van der Waals surface area contributed by atoms with Crippen LogP contribution in [0.5, 0.6) is 0 Å². The van der Waals surface area contributed by atoms with Crippen molar-refractivity contribution in [3.05, 3.63) is 10.6 Å². The number of hydrogen-bond acceptors (Lipinski definition) is 2. The lowest BCUT2D eigenvalue weighted by Gasteiger charge is -2.35. The number of nitrogens with one attached hydrogen (secondary N) is 1. The van der Waals surface area contributed by atoms with Gasteiger partial charge in [0.1, 0.15) is 5.82 Å². The Morgan fingerprint density at radius 1 is 1.40 bits per heavy atom. The van der Waals surface area contributed by atoms with Crippen molar-refractivity contribution < 1.29 is 0 Å². The normalized spacial score (nSPS) is 20.4. The van der Waals surface area contributed by atoms with Crippen LogP contribution in [0.25, 0.3) is 0 Å². The molecule has 1 heterocycles. The SMILES string of the molecule is CCc1n[nH]c(=S)n1C1(C)CCCCC1. The maximum Gasteiger partial charge on any atom is 0.195 e. The Kier molecular flexibility index (Phi) is 2.96. The Bertz CT molecular complexity index is 385. The van der Waals surface area contributed by atoms with Crippen molar-refractivity contribution in [3.8, 4) is 0 Å². The predicted octanol–water partition coefficient (Wildman–Crippen LogP) is 3.18. The van der Waals surface area contributed by atoms with Gasteiger partial charge in [-0.05, 0) is 32.0 Å². The summed E-state index contributed by atoms with van der Waals surface area (Å²) >= 11 is 5.34. The fraction of sp³-hybridized carbons (Fsp3) is 0.818. The van der Waals surface area contributed by atoms with Gasteiger partial charge in [0.25, 0.3) is 0 Å². The van der Waals surface area contributed by atoms with Crippen LogP contribution in [0.4, 0.5) is 0 Å². The van der Waals surface area contributed by atoms with Gasteiger partial charge in [-0.2, -0.15) is 5.10 Å². The zero-order chi connectivity index (χ0) is 10.9. The third-order valence-corrected chi connectivity index (χ3v) is 3.80. The van der Waals surface area contributed by atoms with E-state index in [0.717, 1.165) is 17.0 Å². The Labute approximate surface area is 95.9 Å². The average molecular weight is 225 g/mol. The van der Waals surface area contributed by atoms with Crippen molar-refractivity contribution in [2.75, 3.05) is 0 Å². The molecule has 0 spiro atoms. The van der Waals surface area contributed by atoms with E-state index in [1.807, 2.05) is 0 Å². The molecule has 0 aromatic carbocycles. The molecule has 0 atom stereocenters. The highest BCUT2D eigenvalue weighted by atomic mass is 32.1. The molecule has 1 N–H and O–H groups in total. The number of aromatic amines is 1. The maximum atomic E-state index is 5.34. The van der Waals surface area contributed by atoms with Gasteiger partial charge in [0.15, 0.2) is 4.77 Å². The lowest BCUT2D eigenvalue weighted by atomic mass is 9.83. The van der Waals surface area contributed by atoms with Gasteiger partial charge in [-0.3, -0.25) is 9.67 Å². The number of hydrogen-bond donors (Lipinski definition) is 1. The second-order valence-electron chi connectivity index (χ2n) is 4.69. The summed E-state index contributed by atoms with van der Waals surface area (Å²) in [4.78, 5) is 0. The minimum Gasteiger partial charge on any atom is -0.298 e. The Hall–Kier alpha value is -0.640. The molecule has 1 aromatic heterocycles. The van der Waals surface area contributed by atoms with Gasteiger partial charge >= 0.3 is 0 Å². The molecule has 4 heteroatoms. The molecule has 0 aliphatic heterocycles. The highest BCUT2D eigenvalue weighted by molar-refractivity contribution is 7.71. The van der Waals surface area contributed by atoms with Crippen molar-refractivity contribution in [1.29, 1.82) is 0 Å². The van der Waals surface area contributed by atoms with Crippen LogP contribution in [-0.2, 0) is 12.0 Å². The minimum absolute atomic E-state index is 0.202. The molecule has 2 rings (SSSR count). The van der Waals surface area contributed by atoms with E-state index in [0.29, 0.717) is 0 Å². The number of H-pyrrole nitrogens is 1. The number of aryl methyl sites for hydroxylation is 1. The molecule has 1 aliphatic carbocycles. The minimum atomic E-state index is 0.202. The monoisotopic (exact) mass is 225 g/mol. The summed E-state index contributed by atoms with van der Waals surface area (Å²) in [7, 11) is 0. The fourth-order valence-corrected chi connectivity index (χ4v) is 3.03. The summed E-state index contributed by atoms with van der Waals surface area (Å²) in [6.45, 7) is 4.45. The van der Waals surface area contributed by atoms with Crippen LogP contribution in [0.3, 0.4) is 0 Å². The van der Waals surface area contributed by atoms with Gasteiger partial charge in [0.05, 0.1) is 0 Å². The van der Waals surface area contributed by atoms with Crippen LogP contribution in [-0.4, -0.2) is 14.8 Å². The van der Waals surface area contributed by atoms with Crippen LogP contribution < -0.4 is 0 Å². The zero-order valence-electron chi connectivity index (χ0n) is 9.55. The first-order valence-corrected chi connectivity index (χ1v) is 6.25. The van der Waals surface area contributed by atoms with Crippen LogP contribution >= 0.6 is 12.2 Å². The molecule has 1 fully saturated rings. The van der Waals surface area contributed by atoms with E-state index in [9.17, 15) is 0 Å². The predicted molar refractivity (Wildman–Crippen MR) is 63.5 cm³/mol. The van der Waals surface area contributed by atoms with Crippen molar-refractivity contribution >= 4 is 12.2 Å². The summed E-state index contributed by atoms with van der Waals surface area (Å²) < 4.78 is 3.04. The molecular formula is C11H19N3S. The van der Waals surface area contributed by atoms with Crippen molar-refractivity contribution in [2.45, 2.75) is 57.9 Å². The van der Waals surface area contributed by atoms with E-state index in [-0.39, 0.29) is 5.54 Å². The summed E-state index contributed by atoms with van der Waals surface area (Å²) in [5.41, 5.74) is 0.202. The third-order valence-electron chi connectivity index (χ3n) is 3.53. The summed E-state index contributed by atoms with van der Waals surface area (Å²) in [6.07, 6.45) is 7.39. The van der Waals surface area contributed by atoms with Gasteiger partial charge in [0, 0.05) is 12.0 Å². The molecule has 1 saturated carbocycles. The van der Waals surface area contributed by atoms with E-state index < -0.39 is 0 Å². The summed E-state index contributed by atoms with van der Waals surface area (Å²) in [5, 5.41) is 7.23. The lowest BCUT2D eigenvalue weighted by Crippen LogP contribution is -2.34. The number of aromatic nitrogens is 3. The Balaban J connectivity index is 2.42. The van der Waals surface area contributed by atoms with Crippen molar-refractivity contribution in [1.82, 2.24) is 14.8 Å². The van der Waals surface area contributed by atoms with Crippen molar-refractivity contribution in [2.24, 2.45) is 0 Å². The van der Waals surface area contributed by atoms with Crippen LogP contribution in [0.2, 0.25) is 0 Å². The quantitative estimate of drug-likeness (QED) is 0.784. The van der Waals surface area contributed by atoms with Gasteiger partial charge in [0.2, 0.25) is 0 Å². The molecule has 0 amide bonds. The van der Waals surface area contributed by atoms with E-state index in [4.69, 9.17) is 12.2 Å². The summed E-state index contributed by atoms with van der Waals surface area (Å²) in [6, 6.07) is 0. The molecular weight excluding hydrogens is 206 g/mol. The Morgan fingerprint density at radius 3 is 2.67 bits per heavy atom. The molecule has 84 valence electrons. The van der Waals surface area contributed by atoms with E-state index in [1.54, 1.807) is 0 Å². The number of nitrogens with zero attached hydrogens (tertiary/aromatic N) is 2. The Morgan fingerprint density at radius 2 is 2.07 bits per heavy atom. The molecule has 1 aromatic rings. The molecule has 15 heavy (non-hydrogen) atoms. The van der Waals surface area contributed by atoms with E-state index >= 15 is 0 Å². The van der Waals surface area contributed by atoms with Gasteiger partial charge in [-0.25, -0.2) is 0 Å². The highest BCUT2D eigenvalue weighted by Crippen LogP contribution is 2.35. The first kappa shape index (κ1) is 10.9. The molecule has 0 unspecified atom stereocenters. The fourth-order valence-electron chi connectivity index (χ4n) is 2.66. The average Bonchev–Trinajstić information content (AvgIpc) is 2.61. The molecule has 0 radical (unpaired) electrons. The van der Waals surface area contributed by atoms with Crippen LogP contribution in [0, 0.1) is 4.77 Å². The molecule has 3 nitrogen and oxygen atoms in total. The molecule has 1 aliphatic rings. The molecule has 0 bridgehead atoms. The second-order valence-corrected chi connectivity index (χ2v) is 5.08. The molecule has 0 saturated heterocycles. The largest absolute Gasteiger partial charge is 0.298 e. The lowest BCUT2D eigenvalue weighted by molar-refractivity contribution is 0.210. The van der Waals surface area contributed by atoms with Gasteiger partial charge < -0.3 is 0 Å². The smallest absolute Gasteiger partial charge is 0.195 e. The van der Waals surface area contributed by atoms with E-state index in [1.165, 1.54) is 32.1 Å². The van der Waals surface area contributed by atoms with Crippen LogP contribution in [0.1, 0.15) is 51.8 Å². The van der Waals surface area contributed by atoms with E-state index in [2.05, 4.69) is 28.6 Å². The number of rotatable bonds is 2. The highest BCUT2D eigenvalue weighted by Gasteiger charge is 2.31. The first-order chi connectivity index (χ1) is 7.17. The van der Waals surface area contributed by atoms with Gasteiger partial charge in [-0.1, -0.05) is 26.2 Å².